The summed E-state index contributed by atoms with van der Waals surface area (Å²) in [6, 6.07) is 0. The van der Waals surface area contributed by atoms with E-state index < -0.39 is 0 Å². The highest BCUT2D eigenvalue weighted by molar-refractivity contribution is 5.56. The van der Waals surface area contributed by atoms with Crippen molar-refractivity contribution in [3.8, 4) is 0 Å². The Morgan fingerprint density at radius 2 is 2.40 bits per heavy atom. The molecule has 0 aromatic carbocycles. The maximum Gasteiger partial charge on any atom is 0.202 e. The van der Waals surface area contributed by atoms with Crippen LogP contribution in [0, 0.1) is 11.8 Å². The molecule has 0 amide bonds. The summed E-state index contributed by atoms with van der Waals surface area (Å²) < 4.78 is 0. The lowest BCUT2D eigenvalue weighted by atomic mass is 10.0. The highest BCUT2D eigenvalue weighted by atomic mass is 16.1. The number of nitrogens with two attached hydrogens (primary N) is 1. The smallest absolute Gasteiger partial charge is 0.202 e. The molecule has 1 radical (unpaired) electrons. The Labute approximate surface area is 61.1 Å². The molecule has 10 heavy (non-hydrogen) atoms. The molecule has 0 bridgehead atoms. The summed E-state index contributed by atoms with van der Waals surface area (Å²) in [5, 5.41) is 0. The number of rotatable bonds is 4. The Morgan fingerprint density at radius 3 is 2.70 bits per heavy atom. The Morgan fingerprint density at radius 1 is 1.80 bits per heavy atom. The van der Waals surface area contributed by atoms with Crippen LogP contribution in [0.1, 0.15) is 19.3 Å². The molecule has 1 saturated carbocycles. The van der Waals surface area contributed by atoms with Crippen molar-refractivity contribution in [3.63, 3.8) is 0 Å². The summed E-state index contributed by atoms with van der Waals surface area (Å²) in [5.41, 5.74) is 5.96. The lowest BCUT2D eigenvalue weighted by molar-refractivity contribution is 0.494. The quantitative estimate of drug-likeness (QED) is 0.629. The fourth-order valence-electron chi connectivity index (χ4n) is 1.09. The molecule has 1 aliphatic rings. The second-order valence-corrected chi connectivity index (χ2v) is 2.92. The van der Waals surface area contributed by atoms with Gasteiger partial charge in [0.2, 0.25) is 6.29 Å². The van der Waals surface area contributed by atoms with Crippen LogP contribution in [0.2, 0.25) is 0 Å². The third-order valence-corrected chi connectivity index (χ3v) is 1.82. The van der Waals surface area contributed by atoms with Gasteiger partial charge in [-0.05, 0) is 25.2 Å². The van der Waals surface area contributed by atoms with Crippen LogP contribution in [0.4, 0.5) is 0 Å². The van der Waals surface area contributed by atoms with Gasteiger partial charge in [0.15, 0.2) is 0 Å². The van der Waals surface area contributed by atoms with E-state index in [4.69, 9.17) is 5.73 Å². The van der Waals surface area contributed by atoms with Gasteiger partial charge < -0.3 is 5.73 Å². The highest BCUT2D eigenvalue weighted by Crippen LogP contribution is 2.37. The van der Waals surface area contributed by atoms with Gasteiger partial charge in [-0.2, -0.15) is 0 Å². The predicted molar refractivity (Wildman–Crippen MR) is 39.9 cm³/mol. The first-order valence-electron chi connectivity index (χ1n) is 3.55. The van der Waals surface area contributed by atoms with Gasteiger partial charge in [-0.25, -0.2) is 0 Å². The molecule has 55 valence electrons. The molecule has 0 heterocycles. The van der Waals surface area contributed by atoms with Crippen molar-refractivity contribution in [2.75, 3.05) is 0 Å². The van der Waals surface area contributed by atoms with Crippen molar-refractivity contribution in [2.24, 2.45) is 17.6 Å². The van der Waals surface area contributed by atoms with Crippen LogP contribution in [0.5, 0.6) is 0 Å². The van der Waals surface area contributed by atoms with Crippen molar-refractivity contribution in [2.45, 2.75) is 19.3 Å². The van der Waals surface area contributed by atoms with Crippen molar-refractivity contribution in [1.82, 2.24) is 0 Å². The van der Waals surface area contributed by atoms with Gasteiger partial charge in [0.25, 0.3) is 0 Å². The number of carbonyl (C=O) groups excluding carboxylic acids is 1. The molecule has 2 nitrogen and oxygen atoms in total. The molecule has 2 heteroatoms. The van der Waals surface area contributed by atoms with E-state index in [1.165, 1.54) is 0 Å². The summed E-state index contributed by atoms with van der Waals surface area (Å²) >= 11 is 0. The Hall–Kier alpha value is -0.790. The molecule has 2 N–H and O–H groups in total. The lowest BCUT2D eigenvalue weighted by Crippen LogP contribution is -2.09. The summed E-state index contributed by atoms with van der Waals surface area (Å²) in [4.78, 5) is 10.3. The molecular weight excluding hydrogens is 126 g/mol. The van der Waals surface area contributed by atoms with E-state index in [1.807, 2.05) is 6.29 Å². The highest BCUT2D eigenvalue weighted by Gasteiger charge is 2.31. The fraction of sp³-hybridized carbons (Fsp3) is 0.625. The van der Waals surface area contributed by atoms with E-state index in [0.717, 1.165) is 12.8 Å². The predicted octanol–water partition coefficient (Wildman–Crippen LogP) is 0.985. The van der Waals surface area contributed by atoms with E-state index in [0.29, 0.717) is 18.0 Å². The Balaban J connectivity index is 2.32. The molecule has 1 atom stereocenters. The van der Waals surface area contributed by atoms with E-state index >= 15 is 0 Å². The van der Waals surface area contributed by atoms with Crippen molar-refractivity contribution in [3.05, 3.63) is 12.3 Å². The molecule has 1 unspecified atom stereocenters. The minimum Gasteiger partial charge on any atom is -0.402 e. The molecular formula is C8H12NO. The second kappa shape index (κ2) is 2.86. The zero-order valence-corrected chi connectivity index (χ0v) is 5.97. The summed E-state index contributed by atoms with van der Waals surface area (Å²) in [6.07, 6.45) is 4.94. The summed E-state index contributed by atoms with van der Waals surface area (Å²) in [6.45, 7) is 3.55. The Kier molecular flexibility index (Phi) is 2.10. The van der Waals surface area contributed by atoms with Crippen LogP contribution in [0.15, 0.2) is 12.3 Å². The van der Waals surface area contributed by atoms with Gasteiger partial charge in [0.05, 0.1) is 0 Å². The zero-order valence-electron chi connectivity index (χ0n) is 5.97. The van der Waals surface area contributed by atoms with Crippen LogP contribution >= 0.6 is 0 Å². The standard InChI is InChI=1S/C8H12NO/c1-6(9)4-8(5-10)7-2-3-7/h7-8H,1-4,9H2. The number of allylic oxidation sites excluding steroid dienone is 1. The van der Waals surface area contributed by atoms with E-state index in [9.17, 15) is 4.79 Å². The van der Waals surface area contributed by atoms with Gasteiger partial charge in [-0.15, -0.1) is 0 Å². The summed E-state index contributed by atoms with van der Waals surface area (Å²) in [7, 11) is 0. The van der Waals surface area contributed by atoms with Crippen molar-refractivity contribution >= 4 is 6.29 Å². The van der Waals surface area contributed by atoms with Gasteiger partial charge >= 0.3 is 0 Å². The van der Waals surface area contributed by atoms with E-state index in [1.54, 1.807) is 0 Å². The SMILES string of the molecule is C=C(N)CC([C]=O)C1CC1. The van der Waals surface area contributed by atoms with Crippen LogP contribution in [-0.2, 0) is 4.79 Å². The molecule has 0 spiro atoms. The van der Waals surface area contributed by atoms with Gasteiger partial charge in [-0.1, -0.05) is 6.58 Å². The molecule has 0 aliphatic heterocycles. The van der Waals surface area contributed by atoms with Crippen molar-refractivity contribution < 1.29 is 4.79 Å². The number of hydrogen-bond acceptors (Lipinski definition) is 2. The number of hydrogen-bond donors (Lipinski definition) is 1. The van der Waals surface area contributed by atoms with Crippen LogP contribution in [0.25, 0.3) is 0 Å². The normalized spacial score (nSPS) is 20.0. The Bertz CT molecular complexity index is 149. The largest absolute Gasteiger partial charge is 0.402 e. The summed E-state index contributed by atoms with van der Waals surface area (Å²) in [5.74, 6) is 0.579. The monoisotopic (exact) mass is 138 g/mol. The lowest BCUT2D eigenvalue weighted by Gasteiger charge is -2.05. The topological polar surface area (TPSA) is 43.1 Å². The molecule has 0 saturated heterocycles. The second-order valence-electron chi connectivity index (χ2n) is 2.92. The molecule has 1 rings (SSSR count). The first kappa shape index (κ1) is 7.32. The average molecular weight is 138 g/mol. The first-order chi connectivity index (χ1) is 4.74. The third-order valence-electron chi connectivity index (χ3n) is 1.82. The molecule has 0 aromatic heterocycles. The van der Waals surface area contributed by atoms with Crippen LogP contribution in [0.3, 0.4) is 0 Å². The third kappa shape index (κ3) is 1.87. The first-order valence-corrected chi connectivity index (χ1v) is 3.55. The van der Waals surface area contributed by atoms with Gasteiger partial charge in [-0.3, -0.25) is 4.79 Å². The molecule has 1 fully saturated rings. The van der Waals surface area contributed by atoms with Gasteiger partial charge in [0.1, 0.15) is 0 Å². The molecule has 0 aromatic rings. The van der Waals surface area contributed by atoms with E-state index in [-0.39, 0.29) is 5.92 Å². The molecule has 1 aliphatic carbocycles. The van der Waals surface area contributed by atoms with Gasteiger partial charge in [0, 0.05) is 11.6 Å². The minimum atomic E-state index is 0.0255. The van der Waals surface area contributed by atoms with E-state index in [2.05, 4.69) is 6.58 Å². The zero-order chi connectivity index (χ0) is 7.56. The minimum absolute atomic E-state index is 0.0255. The maximum absolute atomic E-state index is 10.3. The van der Waals surface area contributed by atoms with Crippen molar-refractivity contribution in [1.29, 1.82) is 0 Å². The maximum atomic E-state index is 10.3. The van der Waals surface area contributed by atoms with Crippen LogP contribution < -0.4 is 5.73 Å². The van der Waals surface area contributed by atoms with Crippen LogP contribution in [-0.4, -0.2) is 6.29 Å². The fourth-order valence-corrected chi connectivity index (χ4v) is 1.09. The average Bonchev–Trinajstić information content (AvgIpc) is 2.63.